The van der Waals surface area contributed by atoms with E-state index < -0.39 is 6.04 Å². The summed E-state index contributed by atoms with van der Waals surface area (Å²) in [5.74, 6) is -0.0773. The first-order valence-corrected chi connectivity index (χ1v) is 11.6. The van der Waals surface area contributed by atoms with E-state index in [2.05, 4.69) is 4.99 Å². The van der Waals surface area contributed by atoms with Gasteiger partial charge >= 0.3 is 0 Å². The number of hydrogen-bond acceptors (Lipinski definition) is 6. The Hall–Kier alpha value is -3.45. The molecule has 4 rings (SSSR count). The van der Waals surface area contributed by atoms with Gasteiger partial charge in [0.1, 0.15) is 0 Å². The number of fused-ring (bicyclic) bond motifs is 1. The molecule has 6 nitrogen and oxygen atoms in total. The number of Topliss-reactive ketones (excluding diaryl/α,β-unsaturated/α-hetero) is 1. The summed E-state index contributed by atoms with van der Waals surface area (Å²) in [4.78, 5) is 35.5. The van der Waals surface area contributed by atoms with E-state index in [1.807, 2.05) is 99.5 Å². The number of hydrogen-bond donors (Lipinski definition) is 0. The lowest BCUT2D eigenvalue weighted by Crippen LogP contribution is -2.39. The van der Waals surface area contributed by atoms with Crippen molar-refractivity contribution in [2.75, 3.05) is 38.0 Å². The van der Waals surface area contributed by atoms with E-state index >= 15 is 0 Å². The highest BCUT2D eigenvalue weighted by atomic mass is 32.1. The van der Waals surface area contributed by atoms with Crippen molar-refractivity contribution in [1.82, 2.24) is 4.57 Å². The highest BCUT2D eigenvalue weighted by Gasteiger charge is 2.30. The molecule has 0 saturated carbocycles. The van der Waals surface area contributed by atoms with Gasteiger partial charge in [-0.15, -0.1) is 0 Å². The minimum absolute atomic E-state index is 0.0773. The third-order valence-corrected chi connectivity index (χ3v) is 6.82. The molecule has 0 aliphatic carbocycles. The lowest BCUT2D eigenvalue weighted by molar-refractivity contribution is -0.114. The van der Waals surface area contributed by atoms with Gasteiger partial charge in [-0.25, -0.2) is 4.99 Å². The van der Waals surface area contributed by atoms with Crippen LogP contribution in [0.25, 0.3) is 6.08 Å². The van der Waals surface area contributed by atoms with Crippen molar-refractivity contribution in [3.63, 3.8) is 0 Å². The predicted molar refractivity (Wildman–Crippen MR) is 136 cm³/mol. The summed E-state index contributed by atoms with van der Waals surface area (Å²) < 4.78 is 2.26. The summed E-state index contributed by atoms with van der Waals surface area (Å²) in [6.07, 6.45) is 1.89. The second-order valence-electron chi connectivity index (χ2n) is 8.61. The van der Waals surface area contributed by atoms with Crippen molar-refractivity contribution in [1.29, 1.82) is 0 Å². The molecule has 1 unspecified atom stereocenters. The van der Waals surface area contributed by atoms with E-state index in [1.165, 1.54) is 18.3 Å². The Morgan fingerprint density at radius 1 is 0.970 bits per heavy atom. The van der Waals surface area contributed by atoms with Crippen LogP contribution in [-0.2, 0) is 4.79 Å². The predicted octanol–water partition coefficient (Wildman–Crippen LogP) is 2.96. The quantitative estimate of drug-likeness (QED) is 0.588. The van der Waals surface area contributed by atoms with Gasteiger partial charge < -0.3 is 9.80 Å². The van der Waals surface area contributed by atoms with Gasteiger partial charge in [0.05, 0.1) is 10.6 Å². The molecule has 0 fully saturated rings. The fourth-order valence-electron chi connectivity index (χ4n) is 4.06. The Balaban J connectivity index is 1.88. The van der Waals surface area contributed by atoms with Gasteiger partial charge in [0.15, 0.2) is 10.6 Å². The van der Waals surface area contributed by atoms with E-state index in [4.69, 9.17) is 0 Å². The summed E-state index contributed by atoms with van der Waals surface area (Å²) in [6.45, 7) is 3.38. The highest BCUT2D eigenvalue weighted by Crippen LogP contribution is 2.31. The van der Waals surface area contributed by atoms with Crippen LogP contribution in [0.5, 0.6) is 0 Å². The van der Waals surface area contributed by atoms with E-state index in [1.54, 1.807) is 4.57 Å². The van der Waals surface area contributed by atoms with Crippen LogP contribution in [0.1, 0.15) is 31.0 Å². The largest absolute Gasteiger partial charge is 0.378 e. The lowest BCUT2D eigenvalue weighted by atomic mass is 9.93. The number of anilines is 2. The van der Waals surface area contributed by atoms with Crippen LogP contribution in [0, 0.1) is 0 Å². The van der Waals surface area contributed by atoms with Crippen LogP contribution in [0.4, 0.5) is 11.4 Å². The second-order valence-corrected chi connectivity index (χ2v) is 9.62. The van der Waals surface area contributed by atoms with Crippen molar-refractivity contribution >= 4 is 34.6 Å². The van der Waals surface area contributed by atoms with Crippen LogP contribution in [-0.4, -0.2) is 38.5 Å². The van der Waals surface area contributed by atoms with Crippen LogP contribution in [0.3, 0.4) is 0 Å². The summed E-state index contributed by atoms with van der Waals surface area (Å²) in [7, 11) is 7.95. The average molecular weight is 461 g/mol. The number of ketones is 1. The molecule has 0 radical (unpaired) electrons. The minimum Gasteiger partial charge on any atom is -0.378 e. The molecule has 0 N–H and O–H groups in total. The molecule has 170 valence electrons. The van der Waals surface area contributed by atoms with Crippen molar-refractivity contribution in [3.05, 3.63) is 90.6 Å². The fraction of sp³-hybridized carbons (Fsp3) is 0.269. The number of carbonyl (C=O) groups excluding carboxylic acids is 1. The molecular formula is C26H28N4O2S. The number of aromatic nitrogens is 1. The maximum absolute atomic E-state index is 13.6. The van der Waals surface area contributed by atoms with E-state index in [9.17, 15) is 9.59 Å². The zero-order chi connectivity index (χ0) is 23.9. The normalized spacial score (nSPS) is 15.8. The summed E-state index contributed by atoms with van der Waals surface area (Å²) in [6, 6.07) is 15.5. The number of rotatable bonds is 5. The van der Waals surface area contributed by atoms with E-state index in [0.717, 1.165) is 22.5 Å². The third kappa shape index (κ3) is 4.28. The molecular weight excluding hydrogens is 432 g/mol. The van der Waals surface area contributed by atoms with Gasteiger partial charge in [0.25, 0.3) is 5.56 Å². The maximum atomic E-state index is 13.6. The Kier molecular flexibility index (Phi) is 6.08. The zero-order valence-electron chi connectivity index (χ0n) is 19.8. The van der Waals surface area contributed by atoms with Crippen LogP contribution >= 0.6 is 11.3 Å². The van der Waals surface area contributed by atoms with Gasteiger partial charge in [-0.2, -0.15) is 0 Å². The SMILES string of the molecule is CC(=O)C1=C(C)N=c2s/c(=C/c3ccc(N(C)C)cc3)c(=O)n2C1c1ccc(N(C)C)cc1. The molecule has 1 atom stereocenters. The van der Waals surface area contributed by atoms with Gasteiger partial charge in [0.2, 0.25) is 0 Å². The molecule has 1 aromatic heterocycles. The average Bonchev–Trinajstić information content (AvgIpc) is 3.07. The summed E-state index contributed by atoms with van der Waals surface area (Å²) >= 11 is 1.36. The van der Waals surface area contributed by atoms with Crippen LogP contribution in [0.2, 0.25) is 0 Å². The van der Waals surface area contributed by atoms with Crippen molar-refractivity contribution in [2.24, 2.45) is 4.99 Å². The number of carbonyl (C=O) groups is 1. The topological polar surface area (TPSA) is 57.9 Å². The number of allylic oxidation sites excluding steroid dienone is 2. The number of thiazole rings is 1. The van der Waals surface area contributed by atoms with Crippen molar-refractivity contribution in [2.45, 2.75) is 19.9 Å². The van der Waals surface area contributed by atoms with Crippen LogP contribution < -0.4 is 24.7 Å². The molecule has 2 heterocycles. The molecule has 7 heteroatoms. The monoisotopic (exact) mass is 460 g/mol. The van der Waals surface area contributed by atoms with Crippen molar-refractivity contribution < 1.29 is 4.79 Å². The van der Waals surface area contributed by atoms with E-state index in [0.29, 0.717) is 20.6 Å². The zero-order valence-corrected chi connectivity index (χ0v) is 20.6. The standard InChI is InChI=1S/C26H28N4O2S/c1-16-23(17(2)31)24(19-9-13-21(14-10-19)29(5)6)30-25(32)22(33-26(30)27-16)15-18-7-11-20(12-8-18)28(3)4/h7-15,24H,1-6H3/b22-15+. The molecule has 2 aromatic carbocycles. The first-order chi connectivity index (χ1) is 15.7. The summed E-state index contributed by atoms with van der Waals surface area (Å²) in [5, 5.41) is 0. The smallest absolute Gasteiger partial charge is 0.271 e. The third-order valence-electron chi connectivity index (χ3n) is 5.83. The molecule has 0 spiro atoms. The summed E-state index contributed by atoms with van der Waals surface area (Å²) in [5.41, 5.74) is 5.06. The van der Waals surface area contributed by atoms with Gasteiger partial charge in [-0.3, -0.25) is 14.2 Å². The van der Waals surface area contributed by atoms with Crippen LogP contribution in [0.15, 0.2) is 69.6 Å². The Labute approximate surface area is 197 Å². The Bertz CT molecular complexity index is 1410. The molecule has 1 aliphatic rings. The van der Waals surface area contributed by atoms with E-state index in [-0.39, 0.29) is 11.3 Å². The first kappa shape index (κ1) is 22.7. The number of nitrogens with zero attached hydrogens (tertiary/aromatic N) is 4. The number of benzene rings is 2. The molecule has 3 aromatic rings. The molecule has 1 aliphatic heterocycles. The highest BCUT2D eigenvalue weighted by molar-refractivity contribution is 7.07. The molecule has 0 bridgehead atoms. The minimum atomic E-state index is -0.492. The Morgan fingerprint density at radius 3 is 2.03 bits per heavy atom. The second kappa shape index (κ2) is 8.83. The fourth-order valence-corrected chi connectivity index (χ4v) is 5.11. The molecule has 0 amide bonds. The first-order valence-electron chi connectivity index (χ1n) is 10.8. The van der Waals surface area contributed by atoms with Gasteiger partial charge in [-0.05, 0) is 55.3 Å². The van der Waals surface area contributed by atoms with Gasteiger partial charge in [0, 0.05) is 50.8 Å². The lowest BCUT2D eigenvalue weighted by Gasteiger charge is -2.25. The maximum Gasteiger partial charge on any atom is 0.271 e. The molecule has 33 heavy (non-hydrogen) atoms. The Morgan fingerprint density at radius 2 is 1.52 bits per heavy atom. The van der Waals surface area contributed by atoms with Gasteiger partial charge in [-0.1, -0.05) is 35.6 Å². The van der Waals surface area contributed by atoms with Crippen molar-refractivity contribution in [3.8, 4) is 0 Å². The molecule has 0 saturated heterocycles.